The first-order valence-electron chi connectivity index (χ1n) is 6.99. The van der Waals surface area contributed by atoms with Crippen molar-refractivity contribution in [3.05, 3.63) is 68.1 Å². The zero-order chi connectivity index (χ0) is 17.8. The van der Waals surface area contributed by atoms with Gasteiger partial charge in [-0.1, -0.05) is 64.5 Å². The van der Waals surface area contributed by atoms with E-state index in [0.29, 0.717) is 26.5 Å². The Kier molecular flexibility index (Phi) is 6.35. The summed E-state index contributed by atoms with van der Waals surface area (Å²) in [5, 5.41) is 12.5. The molecular weight excluding hydrogens is 465 g/mol. The first kappa shape index (κ1) is 18.7. The maximum Gasteiger partial charge on any atom is 0.258 e. The average Bonchev–Trinajstić information content (AvgIpc) is 3.02. The number of nitrogens with zero attached hydrogens (tertiary/aromatic N) is 2. The smallest absolute Gasteiger partial charge is 0.258 e. The van der Waals surface area contributed by atoms with Gasteiger partial charge in [0, 0.05) is 20.3 Å². The highest BCUT2D eigenvalue weighted by Crippen LogP contribution is 2.33. The van der Waals surface area contributed by atoms with Crippen molar-refractivity contribution < 1.29 is 4.79 Å². The average molecular weight is 475 g/mol. The Balaban J connectivity index is 1.65. The Morgan fingerprint density at radius 3 is 2.56 bits per heavy atom. The van der Waals surface area contributed by atoms with Gasteiger partial charge < -0.3 is 0 Å². The van der Waals surface area contributed by atoms with E-state index in [4.69, 9.17) is 23.2 Å². The fourth-order valence-corrected chi connectivity index (χ4v) is 4.89. The third-order valence-corrected chi connectivity index (χ3v) is 6.55. The number of hydrogen-bond acceptors (Lipinski definition) is 5. The van der Waals surface area contributed by atoms with Crippen LogP contribution >= 0.6 is 62.2 Å². The standard InChI is InChI=1S/C16H10BrCl2N3OS2/c17-11-5-2-1-4-9(11)14(23)20-15-21-22-16(25-15)24-8-10-12(18)6-3-7-13(10)19/h1-7H,8H2,(H,20,21,23). The molecular formula is C16H10BrCl2N3OS2. The van der Waals surface area contributed by atoms with Gasteiger partial charge in [0.25, 0.3) is 5.91 Å². The van der Waals surface area contributed by atoms with Gasteiger partial charge in [0.05, 0.1) is 5.56 Å². The van der Waals surface area contributed by atoms with Crippen LogP contribution in [-0.2, 0) is 5.75 Å². The SMILES string of the molecule is O=C(Nc1nnc(SCc2c(Cl)cccc2Cl)s1)c1ccccc1Br. The van der Waals surface area contributed by atoms with Crippen molar-refractivity contribution in [1.29, 1.82) is 0 Å². The predicted octanol–water partition coefficient (Wildman–Crippen LogP) is 6.15. The Morgan fingerprint density at radius 2 is 1.84 bits per heavy atom. The Bertz CT molecular complexity index is 900. The van der Waals surface area contributed by atoms with Crippen molar-refractivity contribution in [3.8, 4) is 0 Å². The summed E-state index contributed by atoms with van der Waals surface area (Å²) in [6, 6.07) is 12.6. The molecule has 1 aromatic heterocycles. The minimum absolute atomic E-state index is 0.241. The molecule has 0 unspecified atom stereocenters. The van der Waals surface area contributed by atoms with Gasteiger partial charge in [0.1, 0.15) is 0 Å². The number of carbonyl (C=O) groups is 1. The van der Waals surface area contributed by atoms with E-state index < -0.39 is 0 Å². The number of halogens is 3. The number of aromatic nitrogens is 2. The summed E-state index contributed by atoms with van der Waals surface area (Å²) in [5.74, 6) is 0.333. The lowest BCUT2D eigenvalue weighted by Gasteiger charge is -2.04. The summed E-state index contributed by atoms with van der Waals surface area (Å²) in [6.45, 7) is 0. The van der Waals surface area contributed by atoms with Crippen molar-refractivity contribution in [3.63, 3.8) is 0 Å². The Morgan fingerprint density at radius 1 is 1.12 bits per heavy atom. The summed E-state index contributed by atoms with van der Waals surface area (Å²) < 4.78 is 1.44. The van der Waals surface area contributed by atoms with E-state index in [-0.39, 0.29) is 5.91 Å². The monoisotopic (exact) mass is 473 g/mol. The molecule has 0 bridgehead atoms. The number of rotatable bonds is 5. The summed E-state index contributed by atoms with van der Waals surface area (Å²) in [4.78, 5) is 12.3. The predicted molar refractivity (Wildman–Crippen MR) is 108 cm³/mol. The molecule has 0 saturated carbocycles. The van der Waals surface area contributed by atoms with Gasteiger partial charge >= 0.3 is 0 Å². The van der Waals surface area contributed by atoms with Crippen LogP contribution < -0.4 is 5.32 Å². The molecule has 0 atom stereocenters. The number of thioether (sulfide) groups is 1. The van der Waals surface area contributed by atoms with Crippen molar-refractivity contribution >= 4 is 73.3 Å². The maximum absolute atomic E-state index is 12.3. The van der Waals surface area contributed by atoms with Crippen LogP contribution in [-0.4, -0.2) is 16.1 Å². The molecule has 1 heterocycles. The number of amides is 1. The molecule has 9 heteroatoms. The van der Waals surface area contributed by atoms with Gasteiger partial charge in [0.2, 0.25) is 5.13 Å². The molecule has 1 amide bonds. The van der Waals surface area contributed by atoms with E-state index in [0.717, 1.165) is 14.4 Å². The minimum atomic E-state index is -0.241. The van der Waals surface area contributed by atoms with Gasteiger partial charge in [-0.2, -0.15) is 0 Å². The van der Waals surface area contributed by atoms with Crippen molar-refractivity contribution in [2.24, 2.45) is 0 Å². The van der Waals surface area contributed by atoms with Crippen LogP contribution in [0.15, 0.2) is 51.3 Å². The van der Waals surface area contributed by atoms with E-state index >= 15 is 0 Å². The molecule has 0 radical (unpaired) electrons. The van der Waals surface area contributed by atoms with Crippen LogP contribution in [0, 0.1) is 0 Å². The summed E-state index contributed by atoms with van der Waals surface area (Å²) in [7, 11) is 0. The highest BCUT2D eigenvalue weighted by Gasteiger charge is 2.13. The number of anilines is 1. The second-order valence-corrected chi connectivity index (χ2v) is 8.66. The van der Waals surface area contributed by atoms with Crippen molar-refractivity contribution in [2.45, 2.75) is 10.1 Å². The van der Waals surface area contributed by atoms with E-state index in [1.807, 2.05) is 12.1 Å². The number of nitrogens with one attached hydrogen (secondary N) is 1. The van der Waals surface area contributed by atoms with Crippen molar-refractivity contribution in [1.82, 2.24) is 10.2 Å². The van der Waals surface area contributed by atoms with Crippen LogP contribution in [0.25, 0.3) is 0 Å². The molecule has 25 heavy (non-hydrogen) atoms. The molecule has 0 aliphatic carbocycles. The number of carbonyl (C=O) groups excluding carboxylic acids is 1. The van der Waals surface area contributed by atoms with Crippen LogP contribution in [0.2, 0.25) is 10.0 Å². The molecule has 128 valence electrons. The molecule has 0 saturated heterocycles. The van der Waals surface area contributed by atoms with Gasteiger partial charge in [-0.15, -0.1) is 10.2 Å². The van der Waals surface area contributed by atoms with Crippen LogP contribution in [0.4, 0.5) is 5.13 Å². The summed E-state index contributed by atoms with van der Waals surface area (Å²) in [5.41, 5.74) is 1.39. The van der Waals surface area contributed by atoms with Crippen LogP contribution in [0.5, 0.6) is 0 Å². The maximum atomic E-state index is 12.3. The molecule has 0 fully saturated rings. The minimum Gasteiger partial charge on any atom is -0.296 e. The fourth-order valence-electron chi connectivity index (χ4n) is 1.93. The topological polar surface area (TPSA) is 54.9 Å². The molecule has 4 nitrogen and oxygen atoms in total. The Labute approximate surface area is 171 Å². The second-order valence-electron chi connectivity index (χ2n) is 4.80. The third-order valence-electron chi connectivity index (χ3n) is 3.15. The van der Waals surface area contributed by atoms with Gasteiger partial charge in [0.15, 0.2) is 4.34 Å². The summed E-state index contributed by atoms with van der Waals surface area (Å²) in [6.07, 6.45) is 0. The largest absolute Gasteiger partial charge is 0.296 e. The molecule has 0 aliphatic rings. The number of benzene rings is 2. The molecule has 0 aliphatic heterocycles. The van der Waals surface area contributed by atoms with Gasteiger partial charge in [-0.25, -0.2) is 0 Å². The lowest BCUT2D eigenvalue weighted by Crippen LogP contribution is -2.12. The first-order valence-corrected chi connectivity index (χ1v) is 10.3. The van der Waals surface area contributed by atoms with Crippen molar-refractivity contribution in [2.75, 3.05) is 5.32 Å². The molecule has 3 rings (SSSR count). The van der Waals surface area contributed by atoms with E-state index in [9.17, 15) is 4.79 Å². The lowest BCUT2D eigenvalue weighted by molar-refractivity contribution is 0.102. The zero-order valence-corrected chi connectivity index (χ0v) is 17.2. The normalized spacial score (nSPS) is 10.7. The summed E-state index contributed by atoms with van der Waals surface area (Å²) >= 11 is 18.4. The molecule has 1 N–H and O–H groups in total. The highest BCUT2D eigenvalue weighted by atomic mass is 79.9. The second kappa shape index (κ2) is 8.51. The van der Waals surface area contributed by atoms with Crippen LogP contribution in [0.1, 0.15) is 15.9 Å². The number of hydrogen-bond donors (Lipinski definition) is 1. The lowest BCUT2D eigenvalue weighted by atomic mass is 10.2. The van der Waals surface area contributed by atoms with Gasteiger partial charge in [-0.05, 0) is 45.8 Å². The van der Waals surface area contributed by atoms with Crippen LogP contribution in [0.3, 0.4) is 0 Å². The quantitative estimate of drug-likeness (QED) is 0.355. The third kappa shape index (κ3) is 4.74. The van der Waals surface area contributed by atoms with E-state index in [1.54, 1.807) is 30.3 Å². The van der Waals surface area contributed by atoms with E-state index in [2.05, 4.69) is 31.4 Å². The zero-order valence-electron chi connectivity index (χ0n) is 12.5. The van der Waals surface area contributed by atoms with E-state index in [1.165, 1.54) is 23.1 Å². The highest BCUT2D eigenvalue weighted by molar-refractivity contribution is 9.10. The molecule has 2 aromatic carbocycles. The Hall–Kier alpha value is -1.12. The fraction of sp³-hybridized carbons (Fsp3) is 0.0625. The molecule has 0 spiro atoms. The molecule has 3 aromatic rings. The van der Waals surface area contributed by atoms with Gasteiger partial charge in [-0.3, -0.25) is 10.1 Å². The first-order chi connectivity index (χ1) is 12.0.